The van der Waals surface area contributed by atoms with Gasteiger partial charge < -0.3 is 0 Å². The molecule has 1 aromatic carbocycles. The van der Waals surface area contributed by atoms with E-state index in [0.717, 1.165) is 19.3 Å². The van der Waals surface area contributed by atoms with Crippen LogP contribution in [0.5, 0.6) is 0 Å². The molecule has 0 aromatic heterocycles. The number of Topliss-reactive ketones (excluding diaryl/α,β-unsaturated/α-hetero) is 1. The first-order valence-corrected chi connectivity index (χ1v) is 5.34. The van der Waals surface area contributed by atoms with Crippen LogP contribution in [-0.2, 0) is 4.79 Å². The van der Waals surface area contributed by atoms with Gasteiger partial charge in [-0.25, -0.2) is 0 Å². The Bertz CT molecular complexity index is 341. The van der Waals surface area contributed by atoms with Gasteiger partial charge in [0.25, 0.3) is 0 Å². The van der Waals surface area contributed by atoms with E-state index in [2.05, 4.69) is 31.2 Å². The Labute approximate surface area is 85.1 Å². The fourth-order valence-electron chi connectivity index (χ4n) is 2.33. The molecule has 0 heterocycles. The second kappa shape index (κ2) is 3.95. The van der Waals surface area contributed by atoms with Crippen LogP contribution >= 0.6 is 0 Å². The second-order valence-electron chi connectivity index (χ2n) is 4.19. The predicted octanol–water partition coefficient (Wildman–Crippen LogP) is 3.22. The van der Waals surface area contributed by atoms with E-state index in [4.69, 9.17) is 0 Å². The van der Waals surface area contributed by atoms with Gasteiger partial charge >= 0.3 is 0 Å². The second-order valence-corrected chi connectivity index (χ2v) is 4.19. The van der Waals surface area contributed by atoms with Crippen LogP contribution in [0.4, 0.5) is 0 Å². The Morgan fingerprint density at radius 1 is 1.29 bits per heavy atom. The van der Waals surface area contributed by atoms with Gasteiger partial charge in [0.15, 0.2) is 0 Å². The van der Waals surface area contributed by atoms with Crippen molar-refractivity contribution < 1.29 is 4.79 Å². The minimum Gasteiger partial charge on any atom is -0.300 e. The molecule has 0 spiro atoms. The SMILES string of the molecule is Cc1ccccc1[C@@H]1CCCC(=O)C1. The van der Waals surface area contributed by atoms with Gasteiger partial charge in [-0.2, -0.15) is 0 Å². The summed E-state index contributed by atoms with van der Waals surface area (Å²) in [6.07, 6.45) is 3.79. The molecular weight excluding hydrogens is 172 g/mol. The predicted molar refractivity (Wildman–Crippen MR) is 57.4 cm³/mol. The molecule has 0 radical (unpaired) electrons. The molecule has 1 aliphatic carbocycles. The third-order valence-corrected chi connectivity index (χ3v) is 3.11. The van der Waals surface area contributed by atoms with Crippen molar-refractivity contribution >= 4 is 5.78 Å². The normalized spacial score (nSPS) is 22.4. The third kappa shape index (κ3) is 1.87. The molecule has 14 heavy (non-hydrogen) atoms. The van der Waals surface area contributed by atoms with E-state index in [1.807, 2.05) is 0 Å². The van der Waals surface area contributed by atoms with Crippen molar-refractivity contribution in [3.8, 4) is 0 Å². The van der Waals surface area contributed by atoms with Crippen LogP contribution < -0.4 is 0 Å². The summed E-state index contributed by atoms with van der Waals surface area (Å²) >= 11 is 0. The van der Waals surface area contributed by atoms with Crippen LogP contribution in [-0.4, -0.2) is 5.78 Å². The monoisotopic (exact) mass is 188 g/mol. The standard InChI is InChI=1S/C13H16O/c1-10-5-2-3-8-13(10)11-6-4-7-12(14)9-11/h2-3,5,8,11H,4,6-7,9H2,1H3/t11-/m1/s1. The van der Waals surface area contributed by atoms with Crippen molar-refractivity contribution in [3.63, 3.8) is 0 Å². The maximum atomic E-state index is 11.4. The minimum atomic E-state index is 0.435. The highest BCUT2D eigenvalue weighted by Gasteiger charge is 2.21. The number of carbonyl (C=O) groups is 1. The molecular formula is C13H16O. The van der Waals surface area contributed by atoms with Crippen LogP contribution in [0.1, 0.15) is 42.7 Å². The van der Waals surface area contributed by atoms with Crippen molar-refractivity contribution in [1.29, 1.82) is 0 Å². The van der Waals surface area contributed by atoms with Gasteiger partial charge in [-0.15, -0.1) is 0 Å². The molecule has 2 rings (SSSR count). The van der Waals surface area contributed by atoms with E-state index in [0.29, 0.717) is 11.7 Å². The van der Waals surface area contributed by atoms with Gasteiger partial charge in [-0.3, -0.25) is 4.79 Å². The Kier molecular flexibility index (Phi) is 2.67. The molecule has 0 N–H and O–H groups in total. The van der Waals surface area contributed by atoms with Crippen LogP contribution in [0.3, 0.4) is 0 Å². The van der Waals surface area contributed by atoms with Crippen molar-refractivity contribution in [1.82, 2.24) is 0 Å². The molecule has 1 fully saturated rings. The lowest BCUT2D eigenvalue weighted by atomic mass is 9.82. The zero-order valence-electron chi connectivity index (χ0n) is 8.62. The number of carbonyl (C=O) groups excluding carboxylic acids is 1. The van der Waals surface area contributed by atoms with Crippen LogP contribution in [0, 0.1) is 6.92 Å². The maximum absolute atomic E-state index is 11.4. The summed E-state index contributed by atoms with van der Waals surface area (Å²) in [4.78, 5) is 11.4. The van der Waals surface area contributed by atoms with E-state index in [1.165, 1.54) is 17.5 Å². The number of hydrogen-bond donors (Lipinski definition) is 0. The number of benzene rings is 1. The number of aryl methyl sites for hydroxylation is 1. The van der Waals surface area contributed by atoms with Crippen LogP contribution in [0.2, 0.25) is 0 Å². The van der Waals surface area contributed by atoms with Crippen molar-refractivity contribution in [2.45, 2.75) is 38.5 Å². The molecule has 0 bridgehead atoms. The van der Waals surface area contributed by atoms with Gasteiger partial charge in [-0.05, 0) is 36.8 Å². The number of hydrogen-bond acceptors (Lipinski definition) is 1. The fraction of sp³-hybridized carbons (Fsp3) is 0.462. The van der Waals surface area contributed by atoms with E-state index < -0.39 is 0 Å². The van der Waals surface area contributed by atoms with Gasteiger partial charge in [0.1, 0.15) is 5.78 Å². The Hall–Kier alpha value is -1.11. The van der Waals surface area contributed by atoms with Gasteiger partial charge in [0.05, 0.1) is 0 Å². The molecule has 0 unspecified atom stereocenters. The largest absolute Gasteiger partial charge is 0.300 e. The molecule has 1 saturated carbocycles. The van der Waals surface area contributed by atoms with Gasteiger partial charge in [0, 0.05) is 12.8 Å². The molecule has 1 aliphatic rings. The van der Waals surface area contributed by atoms with Crippen LogP contribution in [0.25, 0.3) is 0 Å². The molecule has 0 amide bonds. The summed E-state index contributed by atoms with van der Waals surface area (Å²) in [7, 11) is 0. The minimum absolute atomic E-state index is 0.435. The fourth-order valence-corrected chi connectivity index (χ4v) is 2.33. The van der Waals surface area contributed by atoms with E-state index in [1.54, 1.807) is 0 Å². The first-order valence-electron chi connectivity index (χ1n) is 5.34. The lowest BCUT2D eigenvalue weighted by Gasteiger charge is -2.22. The Morgan fingerprint density at radius 2 is 2.07 bits per heavy atom. The average molecular weight is 188 g/mol. The molecule has 0 saturated heterocycles. The van der Waals surface area contributed by atoms with E-state index >= 15 is 0 Å². The number of ketones is 1. The topological polar surface area (TPSA) is 17.1 Å². The highest BCUT2D eigenvalue weighted by molar-refractivity contribution is 5.80. The summed E-state index contributed by atoms with van der Waals surface area (Å²) in [5, 5.41) is 0. The van der Waals surface area contributed by atoms with Crippen LogP contribution in [0.15, 0.2) is 24.3 Å². The number of rotatable bonds is 1. The zero-order chi connectivity index (χ0) is 9.97. The summed E-state index contributed by atoms with van der Waals surface area (Å²) in [6, 6.07) is 8.43. The van der Waals surface area contributed by atoms with Gasteiger partial charge in [0.2, 0.25) is 0 Å². The summed E-state index contributed by atoms with van der Waals surface area (Å²) in [5.74, 6) is 0.918. The van der Waals surface area contributed by atoms with Crippen molar-refractivity contribution in [2.24, 2.45) is 0 Å². The Balaban J connectivity index is 2.22. The van der Waals surface area contributed by atoms with Gasteiger partial charge in [-0.1, -0.05) is 24.3 Å². The molecule has 0 aliphatic heterocycles. The highest BCUT2D eigenvalue weighted by atomic mass is 16.1. The maximum Gasteiger partial charge on any atom is 0.133 e. The quantitative estimate of drug-likeness (QED) is 0.661. The smallest absolute Gasteiger partial charge is 0.133 e. The molecule has 74 valence electrons. The van der Waals surface area contributed by atoms with E-state index in [9.17, 15) is 4.79 Å². The zero-order valence-corrected chi connectivity index (χ0v) is 8.62. The summed E-state index contributed by atoms with van der Waals surface area (Å²) in [5.41, 5.74) is 2.70. The van der Waals surface area contributed by atoms with Crippen molar-refractivity contribution in [2.75, 3.05) is 0 Å². The average Bonchev–Trinajstić information content (AvgIpc) is 2.18. The first kappa shape index (κ1) is 9.45. The molecule has 1 atom stereocenters. The summed E-state index contributed by atoms with van der Waals surface area (Å²) in [6.45, 7) is 2.13. The lowest BCUT2D eigenvalue weighted by Crippen LogP contribution is -2.14. The van der Waals surface area contributed by atoms with Crippen molar-refractivity contribution in [3.05, 3.63) is 35.4 Å². The van der Waals surface area contributed by atoms with E-state index in [-0.39, 0.29) is 0 Å². The summed E-state index contributed by atoms with van der Waals surface area (Å²) < 4.78 is 0. The molecule has 1 aromatic rings. The molecule has 1 nitrogen and oxygen atoms in total. The first-order chi connectivity index (χ1) is 6.77. The highest BCUT2D eigenvalue weighted by Crippen LogP contribution is 2.32. The molecule has 1 heteroatoms. The lowest BCUT2D eigenvalue weighted by molar-refractivity contribution is -0.120. The Morgan fingerprint density at radius 3 is 2.79 bits per heavy atom. The third-order valence-electron chi connectivity index (χ3n) is 3.11.